The minimum atomic E-state index is -0.193. The van der Waals surface area contributed by atoms with E-state index in [1.807, 2.05) is 0 Å². The maximum absolute atomic E-state index is 6.35. The summed E-state index contributed by atoms with van der Waals surface area (Å²) >= 11 is 0. The molecule has 2 heterocycles. The van der Waals surface area contributed by atoms with Crippen molar-refractivity contribution in [1.29, 1.82) is 0 Å². The highest BCUT2D eigenvalue weighted by Crippen LogP contribution is 2.47. The molecule has 2 aromatic carbocycles. The molecule has 5 rings (SSSR count). The Kier molecular flexibility index (Phi) is 3.28. The minimum Gasteiger partial charge on any atom is -0.484 e. The van der Waals surface area contributed by atoms with Gasteiger partial charge in [0.25, 0.3) is 0 Å². The van der Waals surface area contributed by atoms with E-state index in [1.54, 1.807) is 0 Å². The molecule has 3 aliphatic rings. The smallest absolute Gasteiger partial charge is 0.144 e. The fourth-order valence-corrected chi connectivity index (χ4v) is 3.96. The molecule has 0 unspecified atom stereocenters. The molecule has 2 aliphatic heterocycles. The molecule has 0 aromatic heterocycles. The van der Waals surface area contributed by atoms with Crippen LogP contribution in [-0.2, 0) is 0 Å². The number of ether oxygens (including phenoxy) is 1. The van der Waals surface area contributed by atoms with Crippen LogP contribution in [0.15, 0.2) is 42.5 Å². The van der Waals surface area contributed by atoms with E-state index in [9.17, 15) is 0 Å². The third-order valence-corrected chi connectivity index (χ3v) is 5.61. The first-order valence-electron chi connectivity index (χ1n) is 9.55. The third kappa shape index (κ3) is 2.76. The molecule has 3 heteroatoms. The van der Waals surface area contributed by atoms with Crippen LogP contribution in [0.25, 0.3) is 0 Å². The Morgan fingerprint density at radius 3 is 2.52 bits per heavy atom. The molecule has 2 aromatic rings. The summed E-state index contributed by atoms with van der Waals surface area (Å²) in [4.78, 5) is 4.88. The first kappa shape index (κ1) is 15.1. The summed E-state index contributed by atoms with van der Waals surface area (Å²) in [6, 6.07) is 15.8. The molecule has 2 fully saturated rings. The number of hydrogen-bond donors (Lipinski definition) is 0. The lowest BCUT2D eigenvalue weighted by Gasteiger charge is -2.41. The molecule has 130 valence electrons. The molecular weight excluding hydrogens is 308 g/mol. The van der Waals surface area contributed by atoms with Gasteiger partial charge in [0.05, 0.1) is 12.2 Å². The molecule has 1 saturated carbocycles. The second-order valence-corrected chi connectivity index (χ2v) is 8.31. The first-order chi connectivity index (χ1) is 12.1. The lowest BCUT2D eigenvalue weighted by atomic mass is 10.0. The SMILES string of the molecule is CC1(C)CN(c2cccc(N3CCC3)c2)c2ccc(C3CC3)cc2O1. The normalized spacial score (nSPS) is 21.4. The number of fused-ring (bicyclic) bond motifs is 1. The summed E-state index contributed by atoms with van der Waals surface area (Å²) in [5, 5.41) is 0. The largest absolute Gasteiger partial charge is 0.484 e. The van der Waals surface area contributed by atoms with Crippen molar-refractivity contribution < 1.29 is 4.74 Å². The van der Waals surface area contributed by atoms with Crippen LogP contribution in [-0.4, -0.2) is 25.2 Å². The quantitative estimate of drug-likeness (QED) is 0.778. The van der Waals surface area contributed by atoms with Gasteiger partial charge in [0.2, 0.25) is 0 Å². The summed E-state index contributed by atoms with van der Waals surface area (Å²) in [7, 11) is 0. The van der Waals surface area contributed by atoms with Crippen molar-refractivity contribution in [2.75, 3.05) is 29.4 Å². The van der Waals surface area contributed by atoms with Gasteiger partial charge < -0.3 is 14.5 Å². The molecule has 1 saturated heterocycles. The summed E-state index contributed by atoms with van der Waals surface area (Å²) in [5.74, 6) is 1.79. The number of nitrogens with zero attached hydrogens (tertiary/aromatic N) is 2. The second kappa shape index (κ2) is 5.42. The van der Waals surface area contributed by atoms with Crippen LogP contribution >= 0.6 is 0 Å². The summed E-state index contributed by atoms with van der Waals surface area (Å²) < 4.78 is 6.35. The lowest BCUT2D eigenvalue weighted by molar-refractivity contribution is 0.109. The maximum Gasteiger partial charge on any atom is 0.144 e. The van der Waals surface area contributed by atoms with Crippen molar-refractivity contribution in [2.45, 2.75) is 44.6 Å². The predicted molar refractivity (Wildman–Crippen MR) is 103 cm³/mol. The zero-order valence-electron chi connectivity index (χ0n) is 15.2. The topological polar surface area (TPSA) is 15.7 Å². The van der Waals surface area contributed by atoms with E-state index in [1.165, 1.54) is 55.0 Å². The standard InChI is InChI=1S/C22H26N2O/c1-22(2)15-24(19-6-3-5-18(14-19)23-11-4-12-23)20-10-9-17(16-7-8-16)13-21(20)25-22/h3,5-6,9-10,13-14,16H,4,7-8,11-12,15H2,1-2H3. The van der Waals surface area contributed by atoms with Crippen LogP contribution in [0.4, 0.5) is 17.1 Å². The fraction of sp³-hybridized carbons (Fsp3) is 0.455. The van der Waals surface area contributed by atoms with Gasteiger partial charge in [-0.15, -0.1) is 0 Å². The van der Waals surface area contributed by atoms with Crippen LogP contribution in [0.5, 0.6) is 5.75 Å². The van der Waals surface area contributed by atoms with Gasteiger partial charge in [-0.1, -0.05) is 12.1 Å². The van der Waals surface area contributed by atoms with E-state index < -0.39 is 0 Å². The molecule has 3 nitrogen and oxygen atoms in total. The van der Waals surface area contributed by atoms with Crippen molar-refractivity contribution in [3.63, 3.8) is 0 Å². The summed E-state index contributed by atoms with van der Waals surface area (Å²) in [6.45, 7) is 7.60. The number of anilines is 3. The molecule has 0 N–H and O–H groups in total. The molecule has 25 heavy (non-hydrogen) atoms. The van der Waals surface area contributed by atoms with E-state index in [2.05, 4.69) is 66.1 Å². The van der Waals surface area contributed by atoms with Gasteiger partial charge in [-0.3, -0.25) is 0 Å². The Morgan fingerprint density at radius 1 is 1.00 bits per heavy atom. The Labute approximate surface area is 150 Å². The van der Waals surface area contributed by atoms with Gasteiger partial charge in [-0.2, -0.15) is 0 Å². The average molecular weight is 334 g/mol. The van der Waals surface area contributed by atoms with Crippen LogP contribution in [0, 0.1) is 0 Å². The number of hydrogen-bond acceptors (Lipinski definition) is 3. The van der Waals surface area contributed by atoms with Crippen LogP contribution < -0.4 is 14.5 Å². The average Bonchev–Trinajstić information content (AvgIpc) is 3.36. The van der Waals surface area contributed by atoms with Crippen molar-refractivity contribution in [3.8, 4) is 5.75 Å². The zero-order chi connectivity index (χ0) is 17.0. The Balaban J connectivity index is 1.54. The molecule has 0 bridgehead atoms. The van der Waals surface area contributed by atoms with Crippen molar-refractivity contribution in [3.05, 3.63) is 48.0 Å². The van der Waals surface area contributed by atoms with E-state index in [0.29, 0.717) is 0 Å². The van der Waals surface area contributed by atoms with Crippen LogP contribution in [0.3, 0.4) is 0 Å². The van der Waals surface area contributed by atoms with E-state index >= 15 is 0 Å². The van der Waals surface area contributed by atoms with Gasteiger partial charge >= 0.3 is 0 Å². The highest BCUT2D eigenvalue weighted by Gasteiger charge is 2.34. The van der Waals surface area contributed by atoms with Gasteiger partial charge in [0.15, 0.2) is 0 Å². The zero-order valence-corrected chi connectivity index (χ0v) is 15.2. The first-order valence-corrected chi connectivity index (χ1v) is 9.55. The van der Waals surface area contributed by atoms with Crippen molar-refractivity contribution in [1.82, 2.24) is 0 Å². The van der Waals surface area contributed by atoms with Crippen LogP contribution in [0.2, 0.25) is 0 Å². The number of benzene rings is 2. The predicted octanol–water partition coefficient (Wildman–Crippen LogP) is 5.08. The van der Waals surface area contributed by atoms with E-state index in [0.717, 1.165) is 18.2 Å². The fourth-order valence-electron chi connectivity index (χ4n) is 3.96. The molecule has 0 radical (unpaired) electrons. The Hall–Kier alpha value is -2.16. The molecule has 0 atom stereocenters. The van der Waals surface area contributed by atoms with Crippen LogP contribution in [0.1, 0.15) is 44.6 Å². The van der Waals surface area contributed by atoms with Gasteiger partial charge in [-0.25, -0.2) is 0 Å². The lowest BCUT2D eigenvalue weighted by Crippen LogP contribution is -2.45. The highest BCUT2D eigenvalue weighted by atomic mass is 16.5. The minimum absolute atomic E-state index is 0.193. The molecule has 0 amide bonds. The summed E-state index contributed by atoms with van der Waals surface area (Å²) in [6.07, 6.45) is 3.95. The van der Waals surface area contributed by atoms with Gasteiger partial charge in [0.1, 0.15) is 11.4 Å². The molecule has 1 aliphatic carbocycles. The van der Waals surface area contributed by atoms with Crippen molar-refractivity contribution >= 4 is 17.1 Å². The summed E-state index contributed by atoms with van der Waals surface area (Å²) in [5.41, 5.74) is 5.04. The van der Waals surface area contributed by atoms with Gasteiger partial charge in [0, 0.05) is 24.5 Å². The van der Waals surface area contributed by atoms with E-state index in [-0.39, 0.29) is 5.60 Å². The molecule has 0 spiro atoms. The Bertz CT molecular complexity index is 805. The van der Waals surface area contributed by atoms with E-state index in [4.69, 9.17) is 4.74 Å². The Morgan fingerprint density at radius 2 is 1.80 bits per heavy atom. The number of rotatable bonds is 3. The van der Waals surface area contributed by atoms with Crippen molar-refractivity contribution in [2.24, 2.45) is 0 Å². The maximum atomic E-state index is 6.35. The monoisotopic (exact) mass is 334 g/mol. The molecular formula is C22H26N2O. The highest BCUT2D eigenvalue weighted by molar-refractivity contribution is 5.74. The van der Waals surface area contributed by atoms with Gasteiger partial charge in [-0.05, 0) is 74.9 Å². The second-order valence-electron chi connectivity index (χ2n) is 8.31. The third-order valence-electron chi connectivity index (χ3n) is 5.61.